The summed E-state index contributed by atoms with van der Waals surface area (Å²) in [7, 11) is -5.69. The minimum Gasteiger partial charge on any atom is -0.492 e. The molecule has 15 heteroatoms. The molecule has 0 saturated carbocycles. The van der Waals surface area contributed by atoms with E-state index in [0.29, 0.717) is 11.1 Å². The summed E-state index contributed by atoms with van der Waals surface area (Å²) in [5.41, 5.74) is -0.769. The first kappa shape index (κ1) is 28.3. The first-order valence-corrected chi connectivity index (χ1v) is 15.0. The van der Waals surface area contributed by atoms with Crippen molar-refractivity contribution in [2.45, 2.75) is 58.8 Å². The fourth-order valence-electron chi connectivity index (χ4n) is 2.20. The van der Waals surface area contributed by atoms with Gasteiger partial charge in [0.2, 0.25) is 11.9 Å². The third-order valence-electron chi connectivity index (χ3n) is 3.59. The SMILES string of the molecule is CC(C)(C)OC(=O)[N-]S(=O)(=O)n1ccc(Br)c1-c1nnnn1COCC[Si](C)(C)C.[Na+]. The zero-order valence-electron chi connectivity index (χ0n) is 18.8. The molecule has 168 valence electrons. The minimum atomic E-state index is -4.44. The number of rotatable bonds is 8. The van der Waals surface area contributed by atoms with Crippen LogP contribution in [0.15, 0.2) is 16.7 Å². The number of ether oxygens (including phenoxy) is 2. The van der Waals surface area contributed by atoms with E-state index < -0.39 is 30.0 Å². The Balaban J connectivity index is 0.00000480. The van der Waals surface area contributed by atoms with Crippen LogP contribution in [0, 0.1) is 0 Å². The molecule has 0 N–H and O–H groups in total. The van der Waals surface area contributed by atoms with Gasteiger partial charge in [-0.3, -0.25) is 8.77 Å². The average Bonchev–Trinajstić information content (AvgIpc) is 3.14. The van der Waals surface area contributed by atoms with Crippen molar-refractivity contribution in [3.8, 4) is 11.5 Å². The van der Waals surface area contributed by atoms with Crippen LogP contribution in [0.5, 0.6) is 0 Å². The van der Waals surface area contributed by atoms with Gasteiger partial charge in [0.1, 0.15) is 18.0 Å². The molecular weight excluding hydrogens is 519 g/mol. The van der Waals surface area contributed by atoms with E-state index >= 15 is 0 Å². The number of hydrogen-bond donors (Lipinski definition) is 0. The van der Waals surface area contributed by atoms with Crippen LogP contribution in [0.3, 0.4) is 0 Å². The first-order chi connectivity index (χ1) is 13.7. The van der Waals surface area contributed by atoms with Crippen molar-refractivity contribution >= 4 is 40.3 Å². The molecule has 31 heavy (non-hydrogen) atoms. The number of aromatic nitrogens is 5. The van der Waals surface area contributed by atoms with Crippen molar-refractivity contribution in [2.75, 3.05) is 6.61 Å². The van der Waals surface area contributed by atoms with Crippen molar-refractivity contribution in [3.05, 3.63) is 21.5 Å². The van der Waals surface area contributed by atoms with E-state index in [1.165, 1.54) is 16.9 Å². The molecule has 0 spiro atoms. The van der Waals surface area contributed by atoms with Crippen molar-refractivity contribution in [2.24, 2.45) is 0 Å². The Morgan fingerprint density at radius 2 is 1.94 bits per heavy atom. The topological polar surface area (TPSA) is 132 Å². The van der Waals surface area contributed by atoms with Crippen LogP contribution in [0.2, 0.25) is 25.7 Å². The maximum atomic E-state index is 12.7. The van der Waals surface area contributed by atoms with E-state index in [9.17, 15) is 13.2 Å². The predicted octanol–water partition coefficient (Wildman–Crippen LogP) is 0.622. The number of tetrazole rings is 1. The normalized spacial score (nSPS) is 12.4. The third-order valence-corrected chi connectivity index (χ3v) is 7.11. The van der Waals surface area contributed by atoms with Gasteiger partial charge in [0.15, 0.2) is 10.2 Å². The van der Waals surface area contributed by atoms with Gasteiger partial charge >= 0.3 is 29.6 Å². The summed E-state index contributed by atoms with van der Waals surface area (Å²) >= 11 is 3.30. The van der Waals surface area contributed by atoms with Gasteiger partial charge < -0.3 is 14.2 Å². The minimum absolute atomic E-state index is 0. The number of halogens is 1. The average molecular weight is 545 g/mol. The quantitative estimate of drug-likeness (QED) is 0.349. The molecule has 0 unspecified atom stereocenters. The molecule has 2 rings (SSSR count). The third kappa shape index (κ3) is 8.59. The zero-order valence-corrected chi connectivity index (χ0v) is 24.2. The Morgan fingerprint density at radius 3 is 2.52 bits per heavy atom. The zero-order chi connectivity index (χ0) is 22.7. The Morgan fingerprint density at radius 1 is 1.29 bits per heavy atom. The van der Waals surface area contributed by atoms with Crippen LogP contribution < -0.4 is 29.6 Å². The summed E-state index contributed by atoms with van der Waals surface area (Å²) in [6.07, 6.45) is 0.0285. The Hall–Kier alpha value is -0.773. The standard InChI is InChI=1S/C16H27BrN6O5SSi.Na/c1-16(2,3)28-15(24)19-29(25,26)23-8-7-12(17)13(23)14-18-20-21-22(14)11-27-9-10-30(4,5)6;/h7-8H,9-11H2,1-6H3,(H,19,24);/q;+1/p-1. The smallest absolute Gasteiger partial charge is 0.492 e. The molecule has 2 aromatic rings. The number of hydrogen-bond acceptors (Lipinski definition) is 8. The summed E-state index contributed by atoms with van der Waals surface area (Å²) in [6, 6.07) is 2.45. The fraction of sp³-hybridized carbons (Fsp3) is 0.625. The molecule has 2 aromatic heterocycles. The van der Waals surface area contributed by atoms with Crippen molar-refractivity contribution < 1.29 is 52.2 Å². The molecule has 0 aromatic carbocycles. The molecule has 0 aliphatic carbocycles. The second kappa shape index (κ2) is 10.9. The Kier molecular flexibility index (Phi) is 9.93. The monoisotopic (exact) mass is 544 g/mol. The number of nitrogens with zero attached hydrogens (tertiary/aromatic N) is 6. The van der Waals surface area contributed by atoms with Crippen LogP contribution in [0.4, 0.5) is 4.79 Å². The molecule has 0 bridgehead atoms. The van der Waals surface area contributed by atoms with Crippen molar-refractivity contribution in [1.29, 1.82) is 0 Å². The number of amides is 1. The van der Waals surface area contributed by atoms with Crippen LogP contribution in [-0.4, -0.2) is 59.0 Å². The molecule has 0 saturated heterocycles. The van der Waals surface area contributed by atoms with Gasteiger partial charge in [0, 0.05) is 25.4 Å². The molecule has 0 radical (unpaired) electrons. The molecular formula is C16H26BrN6NaO5SSi. The van der Waals surface area contributed by atoms with Gasteiger partial charge in [-0.1, -0.05) is 19.6 Å². The summed E-state index contributed by atoms with van der Waals surface area (Å²) in [4.78, 5) is 11.9. The summed E-state index contributed by atoms with van der Waals surface area (Å²) in [5, 5.41) is 11.4. The molecule has 0 aliphatic rings. The van der Waals surface area contributed by atoms with E-state index in [1.807, 2.05) is 0 Å². The van der Waals surface area contributed by atoms with Crippen LogP contribution in [0.1, 0.15) is 20.8 Å². The summed E-state index contributed by atoms with van der Waals surface area (Å²) in [6.45, 7) is 12.1. The van der Waals surface area contributed by atoms with Crippen LogP contribution >= 0.6 is 15.9 Å². The second-order valence-electron chi connectivity index (χ2n) is 8.71. The number of carbonyl (C=O) groups excluding carboxylic acids is 1. The maximum Gasteiger partial charge on any atom is 1.00 e. The van der Waals surface area contributed by atoms with E-state index in [1.54, 1.807) is 20.8 Å². The van der Waals surface area contributed by atoms with Crippen LogP contribution in [-0.2, 0) is 26.4 Å². The van der Waals surface area contributed by atoms with Gasteiger partial charge in [-0.2, -0.15) is 4.68 Å². The molecule has 0 aliphatic heterocycles. The predicted molar refractivity (Wildman–Crippen MR) is 117 cm³/mol. The van der Waals surface area contributed by atoms with E-state index in [-0.39, 0.29) is 47.8 Å². The van der Waals surface area contributed by atoms with Gasteiger partial charge in [-0.15, -0.1) is 5.10 Å². The molecule has 0 atom stereocenters. The van der Waals surface area contributed by atoms with Crippen molar-refractivity contribution in [1.82, 2.24) is 24.2 Å². The molecule has 11 nitrogen and oxygen atoms in total. The molecule has 2 heterocycles. The van der Waals surface area contributed by atoms with E-state index in [0.717, 1.165) is 10.0 Å². The van der Waals surface area contributed by atoms with Crippen molar-refractivity contribution in [3.63, 3.8) is 0 Å². The van der Waals surface area contributed by atoms with E-state index in [4.69, 9.17) is 9.47 Å². The Bertz CT molecular complexity index is 999. The van der Waals surface area contributed by atoms with Crippen LogP contribution in [0.25, 0.3) is 16.2 Å². The Labute approximate surface area is 213 Å². The maximum absolute atomic E-state index is 12.7. The molecule has 1 amide bonds. The van der Waals surface area contributed by atoms with E-state index in [2.05, 4.69) is 55.8 Å². The fourth-order valence-corrected chi connectivity index (χ4v) is 4.50. The molecule has 0 fully saturated rings. The largest absolute Gasteiger partial charge is 1.00 e. The van der Waals surface area contributed by atoms with Gasteiger partial charge in [0.25, 0.3) is 0 Å². The second-order valence-corrected chi connectivity index (χ2v) is 16.7. The summed E-state index contributed by atoms with van der Waals surface area (Å²) in [5.74, 6) is 0.142. The number of carbonyl (C=O) groups is 1. The summed E-state index contributed by atoms with van der Waals surface area (Å²) < 4.78 is 41.8. The van der Waals surface area contributed by atoms with Gasteiger partial charge in [-0.05, 0) is 59.2 Å². The first-order valence-electron chi connectivity index (χ1n) is 9.12. The van der Waals surface area contributed by atoms with Gasteiger partial charge in [0.05, 0.1) is 0 Å². The van der Waals surface area contributed by atoms with Gasteiger partial charge in [-0.25, -0.2) is 8.42 Å².